The van der Waals surface area contributed by atoms with Gasteiger partial charge >= 0.3 is 0 Å². The second-order valence-corrected chi connectivity index (χ2v) is 8.06. The molecule has 1 aromatic heterocycles. The number of allylic oxidation sites excluding steroid dienone is 1. The number of hydrogen-bond donors (Lipinski definition) is 2. The Bertz CT molecular complexity index is 1080. The third-order valence-electron chi connectivity index (χ3n) is 4.24. The Morgan fingerprint density at radius 3 is 2.55 bits per heavy atom. The van der Waals surface area contributed by atoms with E-state index in [1.54, 1.807) is 34.9 Å². The van der Waals surface area contributed by atoms with Gasteiger partial charge in [-0.05, 0) is 31.2 Å². The van der Waals surface area contributed by atoms with Gasteiger partial charge in [0.05, 0.1) is 22.9 Å². The number of carbonyl (C=O) groups is 2. The molecule has 31 heavy (non-hydrogen) atoms. The Kier molecular flexibility index (Phi) is 7.86. The number of aromatic nitrogens is 3. The third kappa shape index (κ3) is 6.44. The number of para-hydroxylation sites is 1. The summed E-state index contributed by atoms with van der Waals surface area (Å²) in [6.45, 7) is 6.16. The molecule has 0 aliphatic heterocycles. The molecule has 9 heteroatoms. The van der Waals surface area contributed by atoms with E-state index >= 15 is 0 Å². The van der Waals surface area contributed by atoms with Gasteiger partial charge in [0.1, 0.15) is 5.82 Å². The van der Waals surface area contributed by atoms with E-state index in [2.05, 4.69) is 27.4 Å². The van der Waals surface area contributed by atoms with Crippen LogP contribution in [0.25, 0.3) is 0 Å². The van der Waals surface area contributed by atoms with Crippen LogP contribution in [0.2, 0.25) is 5.02 Å². The van der Waals surface area contributed by atoms with E-state index in [0.29, 0.717) is 28.2 Å². The number of hydrogen-bond acceptors (Lipinski definition) is 5. The predicted octanol–water partition coefficient (Wildman–Crippen LogP) is 4.34. The molecular weight excluding hydrogens is 434 g/mol. The Morgan fingerprint density at radius 2 is 1.84 bits per heavy atom. The van der Waals surface area contributed by atoms with Gasteiger partial charge < -0.3 is 15.2 Å². The summed E-state index contributed by atoms with van der Waals surface area (Å²) >= 11 is 7.34. The summed E-state index contributed by atoms with van der Waals surface area (Å²) in [6, 6.07) is 14.6. The summed E-state index contributed by atoms with van der Waals surface area (Å²) in [6.07, 6.45) is 1.71. The average molecular weight is 456 g/mol. The molecule has 0 radical (unpaired) electrons. The zero-order valence-corrected chi connectivity index (χ0v) is 18.5. The lowest BCUT2D eigenvalue weighted by atomic mass is 10.2. The van der Waals surface area contributed by atoms with Crippen molar-refractivity contribution < 1.29 is 9.59 Å². The van der Waals surface area contributed by atoms with Gasteiger partial charge in [-0.1, -0.05) is 59.3 Å². The molecule has 7 nitrogen and oxygen atoms in total. The predicted molar refractivity (Wildman–Crippen MR) is 125 cm³/mol. The molecule has 160 valence electrons. The largest absolute Gasteiger partial charge is 0.325 e. The maximum absolute atomic E-state index is 12.4. The molecule has 0 saturated carbocycles. The van der Waals surface area contributed by atoms with Crippen LogP contribution in [-0.4, -0.2) is 32.3 Å². The monoisotopic (exact) mass is 455 g/mol. The number of nitrogens with one attached hydrogen (secondary N) is 2. The molecule has 2 aromatic carbocycles. The van der Waals surface area contributed by atoms with Crippen LogP contribution in [0.1, 0.15) is 11.4 Å². The number of nitrogens with zero attached hydrogens (tertiary/aromatic N) is 3. The van der Waals surface area contributed by atoms with E-state index in [0.717, 1.165) is 11.3 Å². The van der Waals surface area contributed by atoms with Crippen LogP contribution in [0.15, 0.2) is 66.3 Å². The lowest BCUT2D eigenvalue weighted by molar-refractivity contribution is -0.116. The Balaban J connectivity index is 1.62. The maximum Gasteiger partial charge on any atom is 0.234 e. The Labute approximate surface area is 189 Å². The maximum atomic E-state index is 12.4. The number of halogens is 1. The SMILES string of the molecule is C=CCn1c(CC(=O)Nc2ccccc2Cl)nnc1SCC(=O)Nc1ccc(C)cc1. The van der Waals surface area contributed by atoms with E-state index in [9.17, 15) is 9.59 Å². The van der Waals surface area contributed by atoms with E-state index in [4.69, 9.17) is 11.6 Å². The van der Waals surface area contributed by atoms with Gasteiger partial charge in [0, 0.05) is 12.2 Å². The first-order valence-corrected chi connectivity index (χ1v) is 10.9. The van der Waals surface area contributed by atoms with Gasteiger partial charge in [-0.25, -0.2) is 0 Å². The third-order valence-corrected chi connectivity index (χ3v) is 5.54. The van der Waals surface area contributed by atoms with Gasteiger partial charge in [0.15, 0.2) is 5.16 Å². The summed E-state index contributed by atoms with van der Waals surface area (Å²) in [4.78, 5) is 24.7. The molecule has 0 aliphatic carbocycles. The highest BCUT2D eigenvalue weighted by atomic mass is 35.5. The normalized spacial score (nSPS) is 10.5. The van der Waals surface area contributed by atoms with Crippen molar-refractivity contribution in [2.75, 3.05) is 16.4 Å². The zero-order valence-electron chi connectivity index (χ0n) is 17.0. The van der Waals surface area contributed by atoms with Crippen molar-refractivity contribution in [3.63, 3.8) is 0 Å². The highest BCUT2D eigenvalue weighted by Gasteiger charge is 2.17. The van der Waals surface area contributed by atoms with Crippen molar-refractivity contribution in [3.05, 3.63) is 77.6 Å². The van der Waals surface area contributed by atoms with E-state index in [1.165, 1.54) is 11.8 Å². The zero-order chi connectivity index (χ0) is 22.2. The first-order valence-electron chi connectivity index (χ1n) is 9.53. The van der Waals surface area contributed by atoms with Crippen molar-refractivity contribution in [3.8, 4) is 0 Å². The van der Waals surface area contributed by atoms with E-state index in [-0.39, 0.29) is 24.0 Å². The molecule has 3 aromatic rings. The fourth-order valence-electron chi connectivity index (χ4n) is 2.73. The molecule has 2 amide bonds. The highest BCUT2D eigenvalue weighted by molar-refractivity contribution is 7.99. The minimum Gasteiger partial charge on any atom is -0.325 e. The van der Waals surface area contributed by atoms with Gasteiger partial charge in [-0.3, -0.25) is 9.59 Å². The Hall–Kier alpha value is -3.10. The van der Waals surface area contributed by atoms with Crippen molar-refractivity contribution in [2.24, 2.45) is 0 Å². The van der Waals surface area contributed by atoms with Crippen molar-refractivity contribution in [1.29, 1.82) is 0 Å². The smallest absolute Gasteiger partial charge is 0.234 e. The van der Waals surface area contributed by atoms with Crippen LogP contribution >= 0.6 is 23.4 Å². The van der Waals surface area contributed by atoms with Crippen molar-refractivity contribution in [2.45, 2.75) is 25.0 Å². The number of amides is 2. The summed E-state index contributed by atoms with van der Waals surface area (Å²) in [5, 5.41) is 14.9. The summed E-state index contributed by atoms with van der Waals surface area (Å²) in [7, 11) is 0. The van der Waals surface area contributed by atoms with Crippen molar-refractivity contribution >= 4 is 46.6 Å². The molecule has 0 fully saturated rings. The van der Waals surface area contributed by atoms with Crippen LogP contribution in [0.3, 0.4) is 0 Å². The standard InChI is InChI=1S/C22H22ClN5O2S/c1-3-12-28-19(13-20(29)25-18-7-5-4-6-17(18)23)26-27-22(28)31-14-21(30)24-16-10-8-15(2)9-11-16/h3-11H,1,12-14H2,2H3,(H,24,30)(H,25,29). The number of thioether (sulfide) groups is 1. The van der Waals surface area contributed by atoms with Gasteiger partial charge in [0.2, 0.25) is 11.8 Å². The van der Waals surface area contributed by atoms with Gasteiger partial charge in [-0.15, -0.1) is 16.8 Å². The van der Waals surface area contributed by atoms with E-state index < -0.39 is 0 Å². The highest BCUT2D eigenvalue weighted by Crippen LogP contribution is 2.22. The van der Waals surface area contributed by atoms with Crippen molar-refractivity contribution in [1.82, 2.24) is 14.8 Å². The molecule has 0 aliphatic rings. The van der Waals surface area contributed by atoms with Crippen LogP contribution < -0.4 is 10.6 Å². The molecule has 3 rings (SSSR count). The summed E-state index contributed by atoms with van der Waals surface area (Å²) in [5.41, 5.74) is 2.39. The molecule has 0 spiro atoms. The molecule has 0 unspecified atom stereocenters. The molecular formula is C22H22ClN5O2S. The lowest BCUT2D eigenvalue weighted by Gasteiger charge is -2.09. The fraction of sp³-hybridized carbons (Fsp3) is 0.182. The van der Waals surface area contributed by atoms with Crippen LogP contribution in [0.4, 0.5) is 11.4 Å². The lowest BCUT2D eigenvalue weighted by Crippen LogP contribution is -2.18. The number of rotatable bonds is 9. The van der Waals surface area contributed by atoms with Gasteiger partial charge in [0.25, 0.3) is 0 Å². The Morgan fingerprint density at radius 1 is 1.10 bits per heavy atom. The fourth-order valence-corrected chi connectivity index (χ4v) is 3.68. The first-order chi connectivity index (χ1) is 15.0. The number of aryl methyl sites for hydroxylation is 1. The molecule has 0 bridgehead atoms. The quantitative estimate of drug-likeness (QED) is 0.370. The van der Waals surface area contributed by atoms with Crippen LogP contribution in [-0.2, 0) is 22.6 Å². The van der Waals surface area contributed by atoms with Gasteiger partial charge in [-0.2, -0.15) is 0 Å². The summed E-state index contributed by atoms with van der Waals surface area (Å²) < 4.78 is 1.77. The first kappa shape index (κ1) is 22.6. The second-order valence-electron chi connectivity index (χ2n) is 6.71. The minimum absolute atomic E-state index is 0.0161. The van der Waals surface area contributed by atoms with Crippen LogP contribution in [0.5, 0.6) is 0 Å². The molecule has 1 heterocycles. The number of carbonyl (C=O) groups excluding carboxylic acids is 2. The second kappa shape index (κ2) is 10.8. The molecule has 2 N–H and O–H groups in total. The number of benzene rings is 2. The topological polar surface area (TPSA) is 88.9 Å². The summed E-state index contributed by atoms with van der Waals surface area (Å²) in [5.74, 6) is 0.222. The molecule has 0 atom stereocenters. The van der Waals surface area contributed by atoms with Crippen LogP contribution in [0, 0.1) is 6.92 Å². The minimum atomic E-state index is -0.264. The number of anilines is 2. The molecule has 0 saturated heterocycles. The average Bonchev–Trinajstić information content (AvgIpc) is 3.11. The van der Waals surface area contributed by atoms with E-state index in [1.807, 2.05) is 31.2 Å².